The molecular formula is C30H27N5O4S. The zero-order valence-corrected chi connectivity index (χ0v) is 22.6. The monoisotopic (exact) mass is 553 g/mol. The summed E-state index contributed by atoms with van der Waals surface area (Å²) in [7, 11) is 1.62. The molecule has 40 heavy (non-hydrogen) atoms. The topological polar surface area (TPSA) is 111 Å². The van der Waals surface area contributed by atoms with E-state index in [0.717, 1.165) is 52.4 Å². The van der Waals surface area contributed by atoms with Crippen LogP contribution in [0.5, 0.6) is 11.5 Å². The van der Waals surface area contributed by atoms with Crippen molar-refractivity contribution in [3.8, 4) is 22.6 Å². The van der Waals surface area contributed by atoms with Crippen molar-refractivity contribution < 1.29 is 19.4 Å². The van der Waals surface area contributed by atoms with Crippen LogP contribution in [0, 0.1) is 0 Å². The molecule has 0 bridgehead atoms. The predicted octanol–water partition coefficient (Wildman–Crippen LogP) is 5.64. The molecule has 2 aromatic heterocycles. The molecule has 0 radical (unpaired) electrons. The van der Waals surface area contributed by atoms with Gasteiger partial charge in [-0.3, -0.25) is 4.79 Å². The Kier molecular flexibility index (Phi) is 7.17. The normalized spacial score (nSPS) is 12.1. The highest BCUT2D eigenvalue weighted by atomic mass is 32.1. The number of anilines is 3. The molecule has 6 rings (SSSR count). The van der Waals surface area contributed by atoms with E-state index in [9.17, 15) is 9.90 Å². The van der Waals surface area contributed by atoms with E-state index in [4.69, 9.17) is 9.47 Å². The number of hydrogen-bond acceptors (Lipinski definition) is 8. The zero-order valence-electron chi connectivity index (χ0n) is 21.8. The summed E-state index contributed by atoms with van der Waals surface area (Å²) in [5.74, 6) is 1.09. The average molecular weight is 554 g/mol. The lowest BCUT2D eigenvalue weighted by Gasteiger charge is -2.14. The Morgan fingerprint density at radius 2 is 1.80 bits per heavy atom. The Morgan fingerprint density at radius 1 is 0.925 bits per heavy atom. The van der Waals surface area contributed by atoms with Gasteiger partial charge in [-0.25, -0.2) is 9.97 Å². The third kappa shape index (κ3) is 5.40. The van der Waals surface area contributed by atoms with Crippen molar-refractivity contribution in [2.75, 3.05) is 17.7 Å². The van der Waals surface area contributed by atoms with E-state index in [1.807, 2.05) is 70.7 Å². The number of methoxy groups -OCH3 is 1. The minimum absolute atomic E-state index is 0.0764. The van der Waals surface area contributed by atoms with E-state index in [2.05, 4.69) is 20.6 Å². The second kappa shape index (κ2) is 11.2. The van der Waals surface area contributed by atoms with Crippen LogP contribution in [0.3, 0.4) is 0 Å². The Balaban J connectivity index is 1.21. The van der Waals surface area contributed by atoms with E-state index in [1.165, 1.54) is 11.3 Å². The van der Waals surface area contributed by atoms with E-state index in [1.54, 1.807) is 18.9 Å². The first-order valence-electron chi connectivity index (χ1n) is 12.7. The number of carbonyl (C=O) groups excluding carboxylic acids is 1. The third-order valence-electron chi connectivity index (χ3n) is 6.73. The molecule has 0 unspecified atom stereocenters. The number of nitrogens with one attached hydrogen (secondary N) is 2. The molecule has 1 amide bonds. The van der Waals surface area contributed by atoms with Crippen LogP contribution < -0.4 is 20.1 Å². The van der Waals surface area contributed by atoms with Gasteiger partial charge in [0.1, 0.15) is 6.61 Å². The van der Waals surface area contributed by atoms with E-state index in [0.29, 0.717) is 29.4 Å². The van der Waals surface area contributed by atoms with Crippen molar-refractivity contribution in [3.63, 3.8) is 0 Å². The van der Waals surface area contributed by atoms with Crippen molar-refractivity contribution in [1.82, 2.24) is 14.5 Å². The van der Waals surface area contributed by atoms with Crippen molar-refractivity contribution in [2.24, 2.45) is 0 Å². The highest BCUT2D eigenvalue weighted by Gasteiger charge is 2.20. The highest BCUT2D eigenvalue weighted by Crippen LogP contribution is 2.37. The van der Waals surface area contributed by atoms with Crippen molar-refractivity contribution in [1.29, 1.82) is 0 Å². The lowest BCUT2D eigenvalue weighted by molar-refractivity contribution is 0.102. The lowest BCUT2D eigenvalue weighted by Crippen LogP contribution is -2.11. The Bertz CT molecular complexity index is 1660. The zero-order chi connectivity index (χ0) is 27.5. The Labute approximate surface area is 235 Å². The first-order valence-corrected chi connectivity index (χ1v) is 13.7. The quantitative estimate of drug-likeness (QED) is 0.217. The van der Waals surface area contributed by atoms with E-state index >= 15 is 0 Å². The van der Waals surface area contributed by atoms with E-state index in [-0.39, 0.29) is 12.5 Å². The molecule has 10 heteroatoms. The summed E-state index contributed by atoms with van der Waals surface area (Å²) in [6.07, 6.45) is 4.30. The van der Waals surface area contributed by atoms with Gasteiger partial charge in [0.15, 0.2) is 11.5 Å². The van der Waals surface area contributed by atoms with Crippen molar-refractivity contribution in [3.05, 3.63) is 101 Å². The number of aryl methyl sites for hydroxylation is 2. The SMILES string of the molecule is COc1cc(-c2ccc3c(c2)Nc2ccc(CCn4cnc(CO)c4)cc2NC3=O)ccc1OCc1cscn1. The van der Waals surface area contributed by atoms with Gasteiger partial charge in [0, 0.05) is 18.1 Å². The van der Waals surface area contributed by atoms with Gasteiger partial charge < -0.3 is 29.8 Å². The molecule has 3 N–H and O–H groups in total. The second-order valence-electron chi connectivity index (χ2n) is 9.36. The number of nitrogens with zero attached hydrogens (tertiary/aromatic N) is 3. The first-order chi connectivity index (χ1) is 19.6. The number of aliphatic hydroxyl groups is 1. The van der Waals surface area contributed by atoms with Gasteiger partial charge in [-0.15, -0.1) is 11.3 Å². The van der Waals surface area contributed by atoms with Crippen LogP contribution in [0.15, 0.2) is 78.0 Å². The van der Waals surface area contributed by atoms with E-state index < -0.39 is 0 Å². The van der Waals surface area contributed by atoms with Crippen LogP contribution in [0.4, 0.5) is 17.1 Å². The largest absolute Gasteiger partial charge is 0.493 e. The smallest absolute Gasteiger partial charge is 0.257 e. The van der Waals surface area contributed by atoms with Gasteiger partial charge in [-0.1, -0.05) is 18.2 Å². The maximum absolute atomic E-state index is 13.1. The number of benzene rings is 3. The minimum Gasteiger partial charge on any atom is -0.493 e. The third-order valence-corrected chi connectivity index (χ3v) is 7.36. The lowest BCUT2D eigenvalue weighted by atomic mass is 10.0. The van der Waals surface area contributed by atoms with Crippen molar-refractivity contribution in [2.45, 2.75) is 26.2 Å². The van der Waals surface area contributed by atoms with Crippen molar-refractivity contribution >= 4 is 34.3 Å². The number of fused-ring (bicyclic) bond motifs is 2. The number of carbonyl (C=O) groups is 1. The van der Waals surface area contributed by atoms with Gasteiger partial charge in [0.2, 0.25) is 0 Å². The summed E-state index contributed by atoms with van der Waals surface area (Å²) in [6.45, 7) is 1.01. The maximum atomic E-state index is 13.1. The molecule has 0 fully saturated rings. The Hall–Kier alpha value is -4.67. The summed E-state index contributed by atoms with van der Waals surface area (Å²) >= 11 is 1.53. The molecule has 0 saturated heterocycles. The summed E-state index contributed by atoms with van der Waals surface area (Å²) in [5, 5.41) is 17.7. The number of ether oxygens (including phenoxy) is 2. The fraction of sp³-hybridized carbons (Fsp3) is 0.167. The predicted molar refractivity (Wildman–Crippen MR) is 154 cm³/mol. The minimum atomic E-state index is -0.171. The Morgan fingerprint density at radius 3 is 2.60 bits per heavy atom. The van der Waals surface area contributed by atoms with Crippen LogP contribution in [0.25, 0.3) is 11.1 Å². The summed E-state index contributed by atoms with van der Waals surface area (Å²) in [5.41, 5.74) is 9.07. The number of thiazole rings is 1. The van der Waals surface area contributed by atoms with Gasteiger partial charge in [-0.05, 0) is 59.5 Å². The van der Waals surface area contributed by atoms with Gasteiger partial charge in [-0.2, -0.15) is 0 Å². The average Bonchev–Trinajstić information content (AvgIpc) is 3.65. The molecule has 1 aliphatic rings. The van der Waals surface area contributed by atoms with Crippen LogP contribution in [0.1, 0.15) is 27.3 Å². The van der Waals surface area contributed by atoms with Gasteiger partial charge >= 0.3 is 0 Å². The standard InChI is InChI=1S/C30H27N5O4S/c1-38-29-12-21(4-7-28(29)39-15-23-16-40-18-32-23)20-3-5-24-26(11-20)33-25-6-2-19(10-27(25)34-30(24)37)8-9-35-13-22(14-36)31-17-35/h2-7,10-13,16-18,33,36H,8-9,14-15H2,1H3,(H,34,37). The number of aromatic nitrogens is 3. The molecule has 0 spiro atoms. The number of hydrogen-bond donors (Lipinski definition) is 3. The fourth-order valence-corrected chi connectivity index (χ4v) is 5.16. The van der Waals surface area contributed by atoms with Crippen LogP contribution in [-0.2, 0) is 26.2 Å². The number of aliphatic hydroxyl groups excluding tert-OH is 1. The molecule has 3 heterocycles. The molecule has 202 valence electrons. The number of amides is 1. The summed E-state index contributed by atoms with van der Waals surface area (Å²) in [4.78, 5) is 21.5. The summed E-state index contributed by atoms with van der Waals surface area (Å²) < 4.78 is 13.5. The van der Waals surface area contributed by atoms with Crippen LogP contribution in [-0.4, -0.2) is 32.7 Å². The molecule has 3 aromatic carbocycles. The molecule has 5 aromatic rings. The molecular weight excluding hydrogens is 526 g/mol. The molecule has 1 aliphatic heterocycles. The summed E-state index contributed by atoms with van der Waals surface area (Å²) in [6, 6.07) is 17.5. The molecule has 0 atom stereocenters. The van der Waals surface area contributed by atoms with Gasteiger partial charge in [0.25, 0.3) is 5.91 Å². The van der Waals surface area contributed by atoms with Crippen LogP contribution >= 0.6 is 11.3 Å². The van der Waals surface area contributed by atoms with Crippen LogP contribution in [0.2, 0.25) is 0 Å². The molecule has 0 aliphatic carbocycles. The second-order valence-corrected chi connectivity index (χ2v) is 10.1. The fourth-order valence-electron chi connectivity index (χ4n) is 4.61. The molecule has 0 saturated carbocycles. The maximum Gasteiger partial charge on any atom is 0.257 e. The number of imidazole rings is 1. The molecule has 9 nitrogen and oxygen atoms in total. The highest BCUT2D eigenvalue weighted by molar-refractivity contribution is 7.07. The van der Waals surface area contributed by atoms with Gasteiger partial charge in [0.05, 0.1) is 59.6 Å². The first kappa shape index (κ1) is 25.6. The number of rotatable bonds is 9.